The van der Waals surface area contributed by atoms with E-state index < -0.39 is 11.6 Å². The Balaban J connectivity index is 0.000000203. The molecule has 2 atom stereocenters. The van der Waals surface area contributed by atoms with Crippen molar-refractivity contribution in [2.75, 3.05) is 0 Å². The van der Waals surface area contributed by atoms with Gasteiger partial charge in [0.15, 0.2) is 5.17 Å². The fourth-order valence-electron chi connectivity index (χ4n) is 2.39. The number of nitrogens with zero attached hydrogens (tertiary/aromatic N) is 2. The molecule has 2 unspecified atom stereocenters. The molecule has 4 nitrogen and oxygen atoms in total. The molecular weight excluding hydrogens is 320 g/mol. The van der Waals surface area contributed by atoms with Gasteiger partial charge in [-0.15, -0.1) is 0 Å². The molecule has 0 fully saturated rings. The lowest BCUT2D eigenvalue weighted by Gasteiger charge is -2.23. The van der Waals surface area contributed by atoms with Gasteiger partial charge in [-0.2, -0.15) is 0 Å². The second kappa shape index (κ2) is 7.59. The predicted molar refractivity (Wildman–Crippen MR) is 88.4 cm³/mol. The highest BCUT2D eigenvalue weighted by Crippen LogP contribution is 2.39. The summed E-state index contributed by atoms with van der Waals surface area (Å²) in [6.07, 6.45) is 0.994. The Bertz CT molecular complexity index is 666. The van der Waals surface area contributed by atoms with Gasteiger partial charge in [-0.1, -0.05) is 23.0 Å². The maximum atomic E-state index is 11.9. The smallest absolute Gasteiger partial charge is 0.154 e. The first-order valence-electron chi connectivity index (χ1n) is 7.20. The molecule has 1 aliphatic heterocycles. The number of aryl methyl sites for hydroxylation is 2. The third kappa shape index (κ3) is 4.79. The predicted octanol–water partition coefficient (Wildman–Crippen LogP) is 4.14. The van der Waals surface area contributed by atoms with Crippen molar-refractivity contribution in [3.05, 3.63) is 52.9 Å². The number of hydrogen-bond donors (Lipinski definition) is 1. The zero-order valence-electron chi connectivity index (χ0n) is 13.2. The molecule has 1 aromatic heterocycles. The molecule has 2 aromatic rings. The van der Waals surface area contributed by atoms with E-state index in [4.69, 9.17) is 10.3 Å². The summed E-state index contributed by atoms with van der Waals surface area (Å²) in [7, 11) is 0. The summed E-state index contributed by atoms with van der Waals surface area (Å²) < 4.78 is 29.0. The van der Waals surface area contributed by atoms with Gasteiger partial charge < -0.3 is 10.3 Å². The van der Waals surface area contributed by atoms with Gasteiger partial charge in [-0.25, -0.2) is 8.78 Å². The van der Waals surface area contributed by atoms with Crippen LogP contribution in [-0.2, 0) is 0 Å². The van der Waals surface area contributed by atoms with Crippen molar-refractivity contribution in [1.29, 1.82) is 0 Å². The van der Waals surface area contributed by atoms with Crippen LogP contribution in [0.5, 0.6) is 0 Å². The summed E-state index contributed by atoms with van der Waals surface area (Å²) in [5, 5.41) is 4.97. The molecule has 2 N–H and O–H groups in total. The second-order valence-corrected chi connectivity index (χ2v) is 6.56. The summed E-state index contributed by atoms with van der Waals surface area (Å²) in [6.45, 7) is 6.00. The number of halogens is 2. The van der Waals surface area contributed by atoms with E-state index in [9.17, 15) is 8.78 Å². The Morgan fingerprint density at radius 3 is 2.35 bits per heavy atom. The highest BCUT2D eigenvalue weighted by molar-refractivity contribution is 8.14. The maximum absolute atomic E-state index is 11.9. The van der Waals surface area contributed by atoms with E-state index in [0.29, 0.717) is 10.4 Å². The van der Waals surface area contributed by atoms with Crippen LogP contribution in [0, 0.1) is 25.5 Å². The van der Waals surface area contributed by atoms with Crippen LogP contribution in [0.25, 0.3) is 0 Å². The normalized spacial score (nSPS) is 20.5. The molecule has 0 bridgehead atoms. The lowest BCUT2D eigenvalue weighted by Crippen LogP contribution is -2.21. The average molecular weight is 339 g/mol. The van der Waals surface area contributed by atoms with Crippen LogP contribution >= 0.6 is 11.8 Å². The summed E-state index contributed by atoms with van der Waals surface area (Å²) in [5.74, 6) is -0.179. The number of nitrogens with two attached hydrogens (primary N) is 1. The lowest BCUT2D eigenvalue weighted by atomic mass is 10.0. The van der Waals surface area contributed by atoms with Crippen LogP contribution in [0.1, 0.15) is 35.6 Å². The number of aliphatic imine (C=N–C) groups is 1. The second-order valence-electron chi connectivity index (χ2n) is 5.34. The zero-order valence-corrected chi connectivity index (χ0v) is 14.0. The minimum Gasteiger partial charge on any atom is -0.379 e. The van der Waals surface area contributed by atoms with E-state index in [1.807, 2.05) is 13.8 Å². The Morgan fingerprint density at radius 1 is 1.26 bits per heavy atom. The number of amidine groups is 1. The number of benzene rings is 1. The molecule has 0 saturated carbocycles. The molecular formula is C16H19F2N3OS. The van der Waals surface area contributed by atoms with Gasteiger partial charge in [-0.3, -0.25) is 4.99 Å². The standard InChI is InChI=1S/C10H15N3OS.C6H4F2/c1-5-4-8(15-10(11)12-5)9-6(2)13-14-7(9)3;7-5-2-1-3-6(8)4-5/h5,8H,4H2,1-3H3,(H2,11,12);1-4H. The molecule has 3 rings (SSSR count). The third-order valence-corrected chi connectivity index (χ3v) is 4.42. The minimum absolute atomic E-state index is 0.282. The Kier molecular flexibility index (Phi) is 5.76. The zero-order chi connectivity index (χ0) is 17.0. The van der Waals surface area contributed by atoms with Gasteiger partial charge in [0.05, 0.1) is 11.7 Å². The van der Waals surface area contributed by atoms with Gasteiger partial charge in [-0.05, 0) is 39.3 Å². The Morgan fingerprint density at radius 2 is 1.91 bits per heavy atom. The monoisotopic (exact) mass is 339 g/mol. The maximum Gasteiger partial charge on any atom is 0.154 e. The van der Waals surface area contributed by atoms with E-state index in [-0.39, 0.29) is 6.04 Å². The van der Waals surface area contributed by atoms with Gasteiger partial charge in [0.25, 0.3) is 0 Å². The summed E-state index contributed by atoms with van der Waals surface area (Å²) in [5.41, 5.74) is 7.93. The Labute approximate surface area is 138 Å². The van der Waals surface area contributed by atoms with Crippen LogP contribution < -0.4 is 5.73 Å². The fourth-order valence-corrected chi connectivity index (χ4v) is 3.75. The number of thioether (sulfide) groups is 1. The number of aromatic nitrogens is 1. The van der Waals surface area contributed by atoms with Crippen molar-refractivity contribution >= 4 is 16.9 Å². The molecule has 23 heavy (non-hydrogen) atoms. The molecule has 0 spiro atoms. The molecule has 0 aliphatic carbocycles. The van der Waals surface area contributed by atoms with E-state index in [1.165, 1.54) is 23.8 Å². The first-order valence-corrected chi connectivity index (χ1v) is 8.08. The summed E-state index contributed by atoms with van der Waals surface area (Å²) >= 11 is 1.60. The van der Waals surface area contributed by atoms with E-state index in [0.717, 1.165) is 23.9 Å². The molecule has 2 heterocycles. The van der Waals surface area contributed by atoms with Crippen LogP contribution in [-0.4, -0.2) is 16.4 Å². The van der Waals surface area contributed by atoms with E-state index in [2.05, 4.69) is 17.1 Å². The van der Waals surface area contributed by atoms with Crippen LogP contribution in [0.3, 0.4) is 0 Å². The van der Waals surface area contributed by atoms with Crippen molar-refractivity contribution in [2.45, 2.75) is 38.5 Å². The molecule has 0 radical (unpaired) electrons. The van der Waals surface area contributed by atoms with Crippen molar-refractivity contribution in [1.82, 2.24) is 5.16 Å². The van der Waals surface area contributed by atoms with Gasteiger partial charge in [0.1, 0.15) is 17.4 Å². The molecule has 124 valence electrons. The molecule has 1 aliphatic rings. The molecule has 0 amide bonds. The van der Waals surface area contributed by atoms with E-state index in [1.54, 1.807) is 11.8 Å². The van der Waals surface area contributed by atoms with Crippen molar-refractivity contribution in [3.8, 4) is 0 Å². The lowest BCUT2D eigenvalue weighted by molar-refractivity contribution is 0.392. The molecule has 7 heteroatoms. The number of rotatable bonds is 1. The van der Waals surface area contributed by atoms with Crippen LogP contribution in [0.4, 0.5) is 8.78 Å². The van der Waals surface area contributed by atoms with Crippen molar-refractivity contribution < 1.29 is 13.3 Å². The number of hydrogen-bond acceptors (Lipinski definition) is 5. The summed E-state index contributed by atoms with van der Waals surface area (Å²) in [6, 6.07) is 4.83. The summed E-state index contributed by atoms with van der Waals surface area (Å²) in [4.78, 5) is 4.31. The van der Waals surface area contributed by atoms with Crippen LogP contribution in [0.2, 0.25) is 0 Å². The third-order valence-electron chi connectivity index (χ3n) is 3.36. The first kappa shape index (κ1) is 17.5. The van der Waals surface area contributed by atoms with Gasteiger partial charge in [0, 0.05) is 16.9 Å². The quantitative estimate of drug-likeness (QED) is 0.848. The van der Waals surface area contributed by atoms with Crippen molar-refractivity contribution in [2.24, 2.45) is 10.7 Å². The van der Waals surface area contributed by atoms with Crippen molar-refractivity contribution in [3.63, 3.8) is 0 Å². The minimum atomic E-state index is -0.537. The molecule has 0 saturated heterocycles. The highest BCUT2D eigenvalue weighted by atomic mass is 32.2. The first-order chi connectivity index (χ1) is 10.9. The highest BCUT2D eigenvalue weighted by Gasteiger charge is 2.27. The average Bonchev–Trinajstić information content (AvgIpc) is 2.77. The van der Waals surface area contributed by atoms with Gasteiger partial charge in [0.2, 0.25) is 0 Å². The SMILES string of the molecule is Cc1noc(C)c1C1CC(C)N=C(N)S1.Fc1cccc(F)c1. The molecule has 1 aromatic carbocycles. The van der Waals surface area contributed by atoms with Crippen LogP contribution in [0.15, 0.2) is 33.8 Å². The van der Waals surface area contributed by atoms with Gasteiger partial charge >= 0.3 is 0 Å². The topological polar surface area (TPSA) is 64.4 Å². The Hall–Kier alpha value is -1.89. The largest absolute Gasteiger partial charge is 0.379 e. The van der Waals surface area contributed by atoms with E-state index >= 15 is 0 Å². The fraction of sp³-hybridized carbons (Fsp3) is 0.375.